The van der Waals surface area contributed by atoms with Gasteiger partial charge < -0.3 is 15.8 Å². The summed E-state index contributed by atoms with van der Waals surface area (Å²) in [5, 5.41) is 2.42. The van der Waals surface area contributed by atoms with Gasteiger partial charge in [0.05, 0.1) is 5.56 Å². The second-order valence-electron chi connectivity index (χ2n) is 4.13. The van der Waals surface area contributed by atoms with Gasteiger partial charge in [0.25, 0.3) is 0 Å². The molecule has 0 aliphatic rings. The summed E-state index contributed by atoms with van der Waals surface area (Å²) in [4.78, 5) is 22.5. The molecular formula is C15H14N2O3. The summed E-state index contributed by atoms with van der Waals surface area (Å²) in [5.41, 5.74) is 6.85. The fourth-order valence-corrected chi connectivity index (χ4v) is 1.64. The number of nitrogens with two attached hydrogens (primary N) is 1. The lowest BCUT2D eigenvalue weighted by atomic mass is 10.2. The molecule has 5 heteroatoms. The Morgan fingerprint density at radius 2 is 1.65 bits per heavy atom. The molecule has 0 aliphatic carbocycles. The first-order valence-electron chi connectivity index (χ1n) is 6.03. The zero-order chi connectivity index (χ0) is 14.4. The molecule has 0 saturated carbocycles. The number of nitrogens with one attached hydrogen (secondary N) is 1. The second-order valence-corrected chi connectivity index (χ2v) is 4.13. The molecule has 0 unspecified atom stereocenters. The lowest BCUT2D eigenvalue weighted by Gasteiger charge is -2.06. The van der Waals surface area contributed by atoms with E-state index in [0.29, 0.717) is 11.3 Å². The molecule has 0 fully saturated rings. The van der Waals surface area contributed by atoms with Crippen molar-refractivity contribution in [3.05, 3.63) is 65.7 Å². The van der Waals surface area contributed by atoms with E-state index in [9.17, 15) is 9.59 Å². The maximum absolute atomic E-state index is 11.8. The van der Waals surface area contributed by atoms with Crippen molar-refractivity contribution in [1.82, 2.24) is 0 Å². The molecule has 2 rings (SSSR count). The van der Waals surface area contributed by atoms with Crippen molar-refractivity contribution in [3.63, 3.8) is 0 Å². The number of urea groups is 1. The van der Waals surface area contributed by atoms with E-state index in [2.05, 4.69) is 5.32 Å². The van der Waals surface area contributed by atoms with E-state index in [-0.39, 0.29) is 6.61 Å². The molecule has 2 aromatic carbocycles. The Morgan fingerprint density at radius 1 is 1.00 bits per heavy atom. The van der Waals surface area contributed by atoms with E-state index < -0.39 is 12.0 Å². The number of hydrogen-bond donors (Lipinski definition) is 2. The van der Waals surface area contributed by atoms with Crippen LogP contribution in [0.4, 0.5) is 10.5 Å². The van der Waals surface area contributed by atoms with Crippen molar-refractivity contribution in [2.45, 2.75) is 6.61 Å². The van der Waals surface area contributed by atoms with Crippen LogP contribution in [0.5, 0.6) is 0 Å². The summed E-state index contributed by atoms with van der Waals surface area (Å²) in [6, 6.07) is 15.1. The molecular weight excluding hydrogens is 256 g/mol. The van der Waals surface area contributed by atoms with Crippen LogP contribution < -0.4 is 11.1 Å². The maximum atomic E-state index is 11.8. The van der Waals surface area contributed by atoms with Crippen molar-refractivity contribution in [3.8, 4) is 0 Å². The molecule has 2 amide bonds. The predicted molar refractivity (Wildman–Crippen MR) is 75.2 cm³/mol. The number of primary amides is 1. The molecule has 102 valence electrons. The molecule has 0 heterocycles. The molecule has 0 bridgehead atoms. The predicted octanol–water partition coefficient (Wildman–Crippen LogP) is 2.53. The largest absolute Gasteiger partial charge is 0.457 e. The Bertz CT molecular complexity index is 594. The zero-order valence-corrected chi connectivity index (χ0v) is 10.7. The van der Waals surface area contributed by atoms with Gasteiger partial charge in [-0.3, -0.25) is 0 Å². The van der Waals surface area contributed by atoms with Crippen LogP contribution in [0.3, 0.4) is 0 Å². The summed E-state index contributed by atoms with van der Waals surface area (Å²) in [5.74, 6) is -0.417. The number of anilines is 1. The number of carbonyl (C=O) groups is 2. The van der Waals surface area contributed by atoms with Crippen molar-refractivity contribution in [1.29, 1.82) is 0 Å². The lowest BCUT2D eigenvalue weighted by Crippen LogP contribution is -2.19. The SMILES string of the molecule is NC(=O)Nc1ccc(C(=O)OCc2ccccc2)cc1. The minimum Gasteiger partial charge on any atom is -0.457 e. The first kappa shape index (κ1) is 13.6. The number of hydrogen-bond acceptors (Lipinski definition) is 3. The number of rotatable bonds is 4. The van der Waals surface area contributed by atoms with Crippen LogP contribution in [0.25, 0.3) is 0 Å². The molecule has 0 radical (unpaired) electrons. The van der Waals surface area contributed by atoms with Crippen LogP contribution >= 0.6 is 0 Å². The smallest absolute Gasteiger partial charge is 0.338 e. The average Bonchev–Trinajstić information content (AvgIpc) is 2.46. The van der Waals surface area contributed by atoms with Crippen LogP contribution in [-0.2, 0) is 11.3 Å². The summed E-state index contributed by atoms with van der Waals surface area (Å²) in [6.07, 6.45) is 0. The van der Waals surface area contributed by atoms with E-state index in [1.165, 1.54) is 0 Å². The van der Waals surface area contributed by atoms with E-state index in [1.807, 2.05) is 30.3 Å². The standard InChI is InChI=1S/C15H14N2O3/c16-15(19)17-13-8-6-12(7-9-13)14(18)20-10-11-4-2-1-3-5-11/h1-9H,10H2,(H3,16,17,19). The molecule has 0 aliphatic heterocycles. The third kappa shape index (κ3) is 3.84. The van der Waals surface area contributed by atoms with E-state index in [1.54, 1.807) is 24.3 Å². The van der Waals surface area contributed by atoms with Crippen molar-refractivity contribution >= 4 is 17.7 Å². The molecule has 2 aromatic rings. The number of carbonyl (C=O) groups excluding carboxylic acids is 2. The average molecular weight is 270 g/mol. The van der Waals surface area contributed by atoms with Gasteiger partial charge in [0.1, 0.15) is 6.61 Å². The van der Waals surface area contributed by atoms with E-state index in [0.717, 1.165) is 5.56 Å². The van der Waals surface area contributed by atoms with Crippen LogP contribution in [0.15, 0.2) is 54.6 Å². The highest BCUT2D eigenvalue weighted by atomic mass is 16.5. The third-order valence-corrected chi connectivity index (χ3v) is 2.60. The van der Waals surface area contributed by atoms with Gasteiger partial charge in [0, 0.05) is 5.69 Å². The van der Waals surface area contributed by atoms with Gasteiger partial charge in [-0.1, -0.05) is 30.3 Å². The van der Waals surface area contributed by atoms with Gasteiger partial charge in [0.2, 0.25) is 0 Å². The monoisotopic (exact) mass is 270 g/mol. The van der Waals surface area contributed by atoms with E-state index >= 15 is 0 Å². The van der Waals surface area contributed by atoms with Gasteiger partial charge in [-0.25, -0.2) is 9.59 Å². The highest BCUT2D eigenvalue weighted by molar-refractivity contribution is 5.91. The van der Waals surface area contributed by atoms with Crippen molar-refractivity contribution in [2.24, 2.45) is 5.73 Å². The maximum Gasteiger partial charge on any atom is 0.338 e. The normalized spacial score (nSPS) is 9.80. The molecule has 20 heavy (non-hydrogen) atoms. The van der Waals surface area contributed by atoms with E-state index in [4.69, 9.17) is 10.5 Å². The quantitative estimate of drug-likeness (QED) is 0.837. The van der Waals surface area contributed by atoms with Crippen LogP contribution in [0.2, 0.25) is 0 Å². The topological polar surface area (TPSA) is 81.4 Å². The minimum atomic E-state index is -0.649. The summed E-state index contributed by atoms with van der Waals surface area (Å²) < 4.78 is 5.18. The van der Waals surface area contributed by atoms with Crippen molar-refractivity contribution < 1.29 is 14.3 Å². The summed E-state index contributed by atoms with van der Waals surface area (Å²) in [6.45, 7) is 0.223. The first-order valence-corrected chi connectivity index (χ1v) is 6.03. The highest BCUT2D eigenvalue weighted by Crippen LogP contribution is 2.11. The number of esters is 1. The Morgan fingerprint density at radius 3 is 2.25 bits per heavy atom. The Balaban J connectivity index is 1.94. The second kappa shape index (κ2) is 6.38. The highest BCUT2D eigenvalue weighted by Gasteiger charge is 2.07. The van der Waals surface area contributed by atoms with Gasteiger partial charge in [-0.15, -0.1) is 0 Å². The molecule has 0 saturated heterocycles. The number of amides is 2. The summed E-state index contributed by atoms with van der Waals surface area (Å²) in [7, 11) is 0. The fourth-order valence-electron chi connectivity index (χ4n) is 1.64. The molecule has 0 aromatic heterocycles. The Labute approximate surface area is 116 Å². The van der Waals surface area contributed by atoms with Gasteiger partial charge >= 0.3 is 12.0 Å². The van der Waals surface area contributed by atoms with Crippen LogP contribution in [-0.4, -0.2) is 12.0 Å². The lowest BCUT2D eigenvalue weighted by molar-refractivity contribution is 0.0473. The molecule has 0 spiro atoms. The summed E-state index contributed by atoms with van der Waals surface area (Å²) >= 11 is 0. The number of ether oxygens (including phenoxy) is 1. The number of benzene rings is 2. The first-order chi connectivity index (χ1) is 9.65. The van der Waals surface area contributed by atoms with Crippen LogP contribution in [0.1, 0.15) is 15.9 Å². The van der Waals surface area contributed by atoms with Crippen molar-refractivity contribution in [2.75, 3.05) is 5.32 Å². The van der Waals surface area contributed by atoms with Gasteiger partial charge in [0.15, 0.2) is 0 Å². The molecule has 0 atom stereocenters. The molecule has 3 N–H and O–H groups in total. The molecule has 5 nitrogen and oxygen atoms in total. The zero-order valence-electron chi connectivity index (χ0n) is 10.7. The van der Waals surface area contributed by atoms with Gasteiger partial charge in [-0.05, 0) is 29.8 Å². The van der Waals surface area contributed by atoms with Gasteiger partial charge in [-0.2, -0.15) is 0 Å². The Kier molecular flexibility index (Phi) is 4.34. The minimum absolute atomic E-state index is 0.223. The fraction of sp³-hybridized carbons (Fsp3) is 0.0667. The third-order valence-electron chi connectivity index (χ3n) is 2.60. The Hall–Kier alpha value is -2.82. The van der Waals surface area contributed by atoms with Crippen LogP contribution in [0, 0.1) is 0 Å².